The van der Waals surface area contributed by atoms with E-state index < -0.39 is 77.7 Å². The van der Waals surface area contributed by atoms with E-state index in [9.17, 15) is 38.7 Å². The highest BCUT2D eigenvalue weighted by molar-refractivity contribution is 5.96. The van der Waals surface area contributed by atoms with Crippen LogP contribution < -0.4 is 54.8 Å². The second-order valence-corrected chi connectivity index (χ2v) is 13.4. The molecule has 19 nitrogen and oxygen atoms in total. The molecular formula is C35H59N11O8. The van der Waals surface area contributed by atoms with Crippen molar-refractivity contribution >= 4 is 47.4 Å². The summed E-state index contributed by atoms with van der Waals surface area (Å²) in [6, 6.07) is 1.84. The maximum Gasteiger partial charge on any atom is 0.326 e. The Morgan fingerprint density at radius 2 is 1.15 bits per heavy atom. The first-order valence-corrected chi connectivity index (χ1v) is 18.0. The van der Waals surface area contributed by atoms with Crippen LogP contribution in [0.1, 0.15) is 71.8 Å². The van der Waals surface area contributed by atoms with Crippen LogP contribution in [0.15, 0.2) is 35.3 Å². The number of unbranched alkanes of at least 4 members (excludes halogenated alkanes) is 1. The minimum Gasteiger partial charge on any atom is -0.480 e. The Hall–Kier alpha value is -5.30. The second kappa shape index (κ2) is 24.9. The lowest BCUT2D eigenvalue weighted by Gasteiger charge is -2.26. The Bertz CT molecular complexity index is 1420. The Morgan fingerprint density at radius 3 is 1.65 bits per heavy atom. The fourth-order valence-electron chi connectivity index (χ4n) is 5.16. The lowest BCUT2D eigenvalue weighted by Crippen LogP contribution is -2.59. The maximum atomic E-state index is 13.5. The van der Waals surface area contributed by atoms with Gasteiger partial charge < -0.3 is 59.9 Å². The van der Waals surface area contributed by atoms with Crippen LogP contribution >= 0.6 is 0 Å². The molecule has 0 saturated carbocycles. The number of amides is 6. The summed E-state index contributed by atoms with van der Waals surface area (Å²) in [7, 11) is 0. The van der Waals surface area contributed by atoms with Crippen molar-refractivity contribution in [3.05, 3.63) is 35.9 Å². The van der Waals surface area contributed by atoms with Crippen LogP contribution in [0.4, 0.5) is 0 Å². The molecule has 15 N–H and O–H groups in total. The topological polar surface area (TPSA) is 328 Å². The fraction of sp³-hybridized carbons (Fsp3) is 0.600. The minimum absolute atomic E-state index is 0.0308. The number of carbonyl (C=O) groups excluding carboxylic acids is 6. The van der Waals surface area contributed by atoms with Crippen molar-refractivity contribution in [1.82, 2.24) is 31.9 Å². The normalized spacial score (nSPS) is 14.2. The van der Waals surface area contributed by atoms with Gasteiger partial charge in [-0.1, -0.05) is 44.2 Å². The average molecular weight is 762 g/mol. The molecule has 6 atom stereocenters. The molecule has 6 amide bonds. The molecule has 0 fully saturated rings. The largest absolute Gasteiger partial charge is 0.480 e. The molecule has 1 aromatic rings. The molecule has 1 rings (SSSR count). The van der Waals surface area contributed by atoms with Crippen molar-refractivity contribution in [2.45, 2.75) is 109 Å². The van der Waals surface area contributed by atoms with E-state index in [1.807, 2.05) is 13.8 Å². The molecule has 1 aromatic carbocycles. The summed E-state index contributed by atoms with van der Waals surface area (Å²) in [6.07, 6.45) is 1.86. The SMILES string of the molecule is CC(C)C[C@H](NC(=O)[C@H](Cc1ccccc1)NC(=O)[C@H](C)NC(=O)[C@H](CCCN=C(N)N)NC(=O)[C@H](C)NC(=O)[C@H](CCCCN)NC(=O)CN)C(=O)O. The molecule has 19 heteroatoms. The molecule has 0 spiro atoms. The first-order valence-electron chi connectivity index (χ1n) is 18.0. The van der Waals surface area contributed by atoms with Crippen LogP contribution in [0.25, 0.3) is 0 Å². The number of nitrogens with zero attached hydrogens (tertiary/aromatic N) is 1. The van der Waals surface area contributed by atoms with E-state index in [4.69, 9.17) is 22.9 Å². The molecule has 0 aliphatic rings. The van der Waals surface area contributed by atoms with E-state index in [0.717, 1.165) is 0 Å². The van der Waals surface area contributed by atoms with Gasteiger partial charge in [-0.25, -0.2) is 4.79 Å². The van der Waals surface area contributed by atoms with Crippen LogP contribution in [-0.4, -0.2) is 108 Å². The van der Waals surface area contributed by atoms with Gasteiger partial charge in [-0.05, 0) is 70.4 Å². The van der Waals surface area contributed by atoms with Gasteiger partial charge in [-0.3, -0.25) is 33.8 Å². The second-order valence-electron chi connectivity index (χ2n) is 13.4. The number of hydrogen-bond acceptors (Lipinski definition) is 10. The number of carbonyl (C=O) groups is 7. The van der Waals surface area contributed by atoms with Gasteiger partial charge in [0.05, 0.1) is 6.54 Å². The lowest BCUT2D eigenvalue weighted by molar-refractivity contribution is -0.142. The molecule has 0 unspecified atom stereocenters. The molecule has 0 radical (unpaired) electrons. The molecule has 302 valence electrons. The standard InChI is InChI=1S/C35H59N11O8/c1-20(2)17-27(34(53)54)46-33(52)26(18-23-11-6-5-7-12-23)45-30(49)22(4)42-32(51)25(14-10-16-40-35(38)39)44-29(48)21(3)41-31(50)24(13-8-9-15-36)43-28(47)19-37/h5-7,11-12,20-22,24-27H,8-10,13-19,36-37H2,1-4H3,(H,41,50)(H,42,51)(H,43,47)(H,44,48)(H,45,49)(H,46,52)(H,53,54)(H4,38,39,40)/t21-,22-,24-,25-,26-,27-/m0/s1. The van der Waals surface area contributed by atoms with Gasteiger partial charge in [0, 0.05) is 13.0 Å². The number of aliphatic imine (C=N–C) groups is 1. The summed E-state index contributed by atoms with van der Waals surface area (Å²) in [5.74, 6) is -5.57. The average Bonchev–Trinajstić information content (AvgIpc) is 3.11. The van der Waals surface area contributed by atoms with E-state index in [1.165, 1.54) is 13.8 Å². The summed E-state index contributed by atoms with van der Waals surface area (Å²) >= 11 is 0. The van der Waals surface area contributed by atoms with Gasteiger partial charge in [-0.2, -0.15) is 0 Å². The van der Waals surface area contributed by atoms with Crippen LogP contribution in [0.2, 0.25) is 0 Å². The summed E-state index contributed by atoms with van der Waals surface area (Å²) in [6.45, 7) is 6.58. The summed E-state index contributed by atoms with van der Waals surface area (Å²) in [5, 5.41) is 25.0. The van der Waals surface area contributed by atoms with Crippen molar-refractivity contribution in [2.24, 2.45) is 33.8 Å². The lowest BCUT2D eigenvalue weighted by atomic mass is 10.0. The van der Waals surface area contributed by atoms with Crippen LogP contribution in [0, 0.1) is 5.92 Å². The molecule has 54 heavy (non-hydrogen) atoms. The highest BCUT2D eigenvalue weighted by Gasteiger charge is 2.31. The third kappa shape index (κ3) is 18.5. The number of nitrogens with two attached hydrogens (primary N) is 4. The smallest absolute Gasteiger partial charge is 0.326 e. The number of hydrogen-bond donors (Lipinski definition) is 11. The van der Waals surface area contributed by atoms with Crippen LogP contribution in [0.3, 0.4) is 0 Å². The molecule has 0 saturated heterocycles. The number of carboxylic acids is 1. The first-order chi connectivity index (χ1) is 25.5. The minimum atomic E-state index is -1.22. The number of benzene rings is 1. The van der Waals surface area contributed by atoms with Crippen LogP contribution in [-0.2, 0) is 40.0 Å². The quantitative estimate of drug-likeness (QED) is 0.0279. The van der Waals surface area contributed by atoms with Gasteiger partial charge in [0.25, 0.3) is 0 Å². The Balaban J connectivity index is 3.13. The molecule has 0 aliphatic carbocycles. The zero-order valence-corrected chi connectivity index (χ0v) is 31.6. The van der Waals surface area contributed by atoms with Crippen LogP contribution in [0.5, 0.6) is 0 Å². The molecule has 0 heterocycles. The number of rotatable bonds is 25. The molecular weight excluding hydrogens is 702 g/mol. The van der Waals surface area contributed by atoms with Crippen molar-refractivity contribution in [3.8, 4) is 0 Å². The van der Waals surface area contributed by atoms with Gasteiger partial charge in [0.2, 0.25) is 35.4 Å². The van der Waals surface area contributed by atoms with Crippen molar-refractivity contribution in [3.63, 3.8) is 0 Å². The van der Waals surface area contributed by atoms with Crippen molar-refractivity contribution in [1.29, 1.82) is 0 Å². The fourth-order valence-corrected chi connectivity index (χ4v) is 5.16. The maximum absolute atomic E-state index is 13.5. The Morgan fingerprint density at radius 1 is 0.648 bits per heavy atom. The van der Waals surface area contributed by atoms with Crippen molar-refractivity contribution < 1.29 is 38.7 Å². The molecule has 0 aliphatic heterocycles. The van der Waals surface area contributed by atoms with E-state index in [-0.39, 0.29) is 57.1 Å². The Labute approximate surface area is 315 Å². The molecule has 0 bridgehead atoms. The third-order valence-corrected chi connectivity index (χ3v) is 8.10. The van der Waals surface area contributed by atoms with Crippen molar-refractivity contribution in [2.75, 3.05) is 19.6 Å². The zero-order chi connectivity index (χ0) is 40.8. The van der Waals surface area contributed by atoms with E-state index >= 15 is 0 Å². The summed E-state index contributed by atoms with van der Waals surface area (Å²) in [4.78, 5) is 94.2. The van der Waals surface area contributed by atoms with Gasteiger partial charge in [0.15, 0.2) is 5.96 Å². The predicted molar refractivity (Wildman–Crippen MR) is 202 cm³/mol. The summed E-state index contributed by atoms with van der Waals surface area (Å²) in [5.41, 5.74) is 22.4. The van der Waals surface area contributed by atoms with Gasteiger partial charge in [0.1, 0.15) is 36.3 Å². The number of nitrogens with one attached hydrogen (secondary N) is 6. The van der Waals surface area contributed by atoms with Gasteiger partial charge in [-0.15, -0.1) is 0 Å². The first kappa shape index (κ1) is 46.7. The third-order valence-electron chi connectivity index (χ3n) is 8.10. The summed E-state index contributed by atoms with van der Waals surface area (Å²) < 4.78 is 0. The zero-order valence-electron chi connectivity index (χ0n) is 31.6. The number of carboxylic acid groups (broad SMARTS) is 1. The highest BCUT2D eigenvalue weighted by atomic mass is 16.4. The predicted octanol–water partition coefficient (Wildman–Crippen LogP) is -2.55. The monoisotopic (exact) mass is 761 g/mol. The molecule has 0 aromatic heterocycles. The highest BCUT2D eigenvalue weighted by Crippen LogP contribution is 2.09. The van der Waals surface area contributed by atoms with E-state index in [1.54, 1.807) is 30.3 Å². The number of aliphatic carboxylic acids is 1. The van der Waals surface area contributed by atoms with Gasteiger partial charge >= 0.3 is 5.97 Å². The Kier molecular flexibility index (Phi) is 21.5. The number of guanidine groups is 1. The van der Waals surface area contributed by atoms with E-state index in [2.05, 4.69) is 36.9 Å². The van der Waals surface area contributed by atoms with E-state index in [0.29, 0.717) is 24.9 Å².